The molecule has 7 aromatic rings. The van der Waals surface area contributed by atoms with Gasteiger partial charge in [-0.15, -0.1) is 0 Å². The van der Waals surface area contributed by atoms with E-state index in [0.717, 1.165) is 18.4 Å². The maximum absolute atomic E-state index is 12.0. The van der Waals surface area contributed by atoms with Gasteiger partial charge in [-0.05, 0) is 126 Å². The van der Waals surface area contributed by atoms with Crippen molar-refractivity contribution in [2.24, 2.45) is 0 Å². The van der Waals surface area contributed by atoms with Gasteiger partial charge in [-0.2, -0.15) is 0 Å². The van der Waals surface area contributed by atoms with Crippen LogP contribution in [0.5, 0.6) is 5.75 Å². The Morgan fingerprint density at radius 3 is 1.00 bits per heavy atom. The molecule has 0 amide bonds. The monoisotopic (exact) mass is 979 g/mol. The van der Waals surface area contributed by atoms with Crippen LogP contribution >= 0.6 is 0 Å². The topological polar surface area (TPSA) is 238 Å². The number of H-pyrrole nitrogens is 2. The van der Waals surface area contributed by atoms with E-state index in [9.17, 15) is 38.9 Å². The minimum Gasteiger partial charge on any atom is -0.744 e. The quantitative estimate of drug-likeness (QED) is 0.0720. The fraction of sp³-hybridized carbons (Fsp3) is 0.154. The number of benzene rings is 4. The van der Waals surface area contributed by atoms with Crippen LogP contribution in [0.25, 0.3) is 90.9 Å². The molecule has 0 radical (unpaired) electrons. The molecule has 0 saturated heterocycles. The van der Waals surface area contributed by atoms with E-state index in [0.29, 0.717) is 96.1 Å². The Kier molecular flexibility index (Phi) is 13.1. The van der Waals surface area contributed by atoms with Crippen LogP contribution in [0.3, 0.4) is 0 Å². The lowest BCUT2D eigenvalue weighted by Crippen LogP contribution is -1.98. The number of nitrogens with zero attached hydrogens (tertiary/aromatic N) is 2. The number of fused-ring (bicyclic) bond motifs is 8. The van der Waals surface area contributed by atoms with Gasteiger partial charge in [0.15, 0.2) is 0 Å². The summed E-state index contributed by atoms with van der Waals surface area (Å²) in [5.41, 5.74) is 8.92. The van der Waals surface area contributed by atoms with E-state index in [2.05, 4.69) is 16.9 Å². The van der Waals surface area contributed by atoms with E-state index in [1.807, 2.05) is 54.6 Å². The van der Waals surface area contributed by atoms with Crippen LogP contribution in [-0.4, -0.2) is 65.5 Å². The van der Waals surface area contributed by atoms with E-state index < -0.39 is 45.0 Å². The van der Waals surface area contributed by atoms with Gasteiger partial charge in [0.1, 0.15) is 36.1 Å². The molecule has 5 heterocycles. The molecule has 69 heavy (non-hydrogen) atoms. The van der Waals surface area contributed by atoms with Gasteiger partial charge in [-0.1, -0.05) is 87.6 Å². The zero-order chi connectivity index (χ0) is 48.5. The zero-order valence-electron chi connectivity index (χ0n) is 37.0. The summed E-state index contributed by atoms with van der Waals surface area (Å²) >= 11 is 0. The summed E-state index contributed by atoms with van der Waals surface area (Å²) in [7, 11) is -14.3. The highest BCUT2D eigenvalue weighted by Crippen LogP contribution is 2.39. The number of unbranched alkanes of at least 4 members (excludes halogenated alkanes) is 5. The summed E-state index contributed by atoms with van der Waals surface area (Å²) < 4.78 is 114. The molecule has 3 aromatic heterocycles. The van der Waals surface area contributed by atoms with Gasteiger partial charge in [-0.25, -0.2) is 35.2 Å². The highest BCUT2D eigenvalue weighted by Gasteiger charge is 2.20. The molecule has 0 aliphatic carbocycles. The normalized spacial score (nSPS) is 12.7. The maximum atomic E-state index is 12.0. The van der Waals surface area contributed by atoms with Crippen LogP contribution in [0.2, 0.25) is 0 Å². The van der Waals surface area contributed by atoms with Crippen LogP contribution in [0, 0.1) is 0 Å². The molecule has 2 aliphatic heterocycles. The largest absolute Gasteiger partial charge is 0.744 e. The molecule has 352 valence electrons. The van der Waals surface area contributed by atoms with Crippen LogP contribution in [-0.2, 0) is 30.4 Å². The van der Waals surface area contributed by atoms with Crippen molar-refractivity contribution < 1.29 is 43.6 Å². The third kappa shape index (κ3) is 10.2. The van der Waals surface area contributed by atoms with Crippen molar-refractivity contribution in [1.82, 2.24) is 19.9 Å². The summed E-state index contributed by atoms with van der Waals surface area (Å²) in [6, 6.07) is 31.6. The first-order chi connectivity index (χ1) is 33.0. The van der Waals surface area contributed by atoms with Crippen molar-refractivity contribution in [2.75, 3.05) is 6.61 Å². The lowest BCUT2D eigenvalue weighted by Gasteiger charge is -2.10. The zero-order valence-corrected chi connectivity index (χ0v) is 39.5. The lowest BCUT2D eigenvalue weighted by atomic mass is 10.0. The Morgan fingerprint density at radius 1 is 0.406 bits per heavy atom. The minimum atomic E-state index is -4.78. The number of ether oxygens (including phenoxy) is 1. The highest BCUT2D eigenvalue weighted by atomic mass is 32.2. The Bertz CT molecular complexity index is 3600. The van der Waals surface area contributed by atoms with Crippen molar-refractivity contribution >= 4 is 76.7 Å². The first kappa shape index (κ1) is 47.1. The first-order valence-electron chi connectivity index (χ1n) is 22.1. The van der Waals surface area contributed by atoms with Gasteiger partial charge in [0.25, 0.3) is 0 Å². The maximum Gasteiger partial charge on any atom is 0.124 e. The van der Waals surface area contributed by atoms with E-state index >= 15 is 0 Å². The van der Waals surface area contributed by atoms with E-state index in [1.54, 1.807) is 18.2 Å². The summed E-state index contributed by atoms with van der Waals surface area (Å²) in [5, 5.41) is 0. The molecule has 17 heteroatoms. The molecule has 2 N–H and O–H groups in total. The highest BCUT2D eigenvalue weighted by molar-refractivity contribution is 7.86. The van der Waals surface area contributed by atoms with Crippen LogP contribution in [0.1, 0.15) is 68.2 Å². The average molecular weight is 980 g/mol. The van der Waals surface area contributed by atoms with Crippen molar-refractivity contribution in [3.05, 3.63) is 144 Å². The third-order valence-electron chi connectivity index (χ3n) is 12.0. The average Bonchev–Trinajstić information content (AvgIpc) is 4.17. The molecule has 9 rings (SSSR count). The number of nitrogens with one attached hydrogen (secondary N) is 2. The Hall–Kier alpha value is -6.99. The number of hydrogen-bond donors (Lipinski definition) is 2. The third-order valence-corrected chi connectivity index (χ3v) is 14.5. The number of aromatic amines is 2. The minimum absolute atomic E-state index is 0.402. The molecule has 4 aromatic carbocycles. The SMILES string of the molecule is CCCCCCCCOc1ccc(-c2c3nc(c(-c4ccc(S(=O)(=O)[O-])cc4)c4ccc([nH]4)c(-c4ccc(S(=O)(=O)[O-])cc4)c4nc(c(-c5ccc(S(=O)(=O)[O-])cc5)c5ccc2[nH]5)C=C4)C=C3)cc1. The predicted molar refractivity (Wildman–Crippen MR) is 263 cm³/mol. The van der Waals surface area contributed by atoms with Gasteiger partial charge in [-0.3, -0.25) is 0 Å². The van der Waals surface area contributed by atoms with Crippen molar-refractivity contribution in [1.29, 1.82) is 0 Å². The number of aromatic nitrogens is 4. The van der Waals surface area contributed by atoms with E-state index in [4.69, 9.17) is 14.7 Å². The van der Waals surface area contributed by atoms with Gasteiger partial charge < -0.3 is 28.4 Å². The Balaban J connectivity index is 1.32. The van der Waals surface area contributed by atoms with Crippen molar-refractivity contribution in [3.8, 4) is 50.3 Å². The fourth-order valence-electron chi connectivity index (χ4n) is 8.58. The first-order valence-corrected chi connectivity index (χ1v) is 26.4. The van der Waals surface area contributed by atoms with Crippen molar-refractivity contribution in [2.45, 2.75) is 60.1 Å². The standard InChI is InChI=1S/C52H46N4O10S3/c1-2-3-4-5-6-7-32-66-37-16-8-33(9-17-37)49-41-24-26-43(53-41)50(34-10-18-38(19-11-34)67(57,58)59)45-28-30-47(55-45)52(36-14-22-40(23-15-36)69(63,64)65)48-31-29-46(56-48)51(44-27-25-42(49)54-44)35-12-20-39(21-13-35)68(60,61)62/h8-31,53,56H,2-7,32H2,1H3,(H,57,58,59)(H,60,61,62)(H,63,64,65)/p-3. The van der Waals surface area contributed by atoms with Crippen LogP contribution in [0.4, 0.5) is 0 Å². The Labute approximate surface area is 399 Å². The second-order valence-corrected chi connectivity index (χ2v) is 20.7. The van der Waals surface area contributed by atoms with Crippen LogP contribution in [0.15, 0.2) is 136 Å². The summed E-state index contributed by atoms with van der Waals surface area (Å²) in [6.07, 6.45) is 14.1. The lowest BCUT2D eigenvalue weighted by molar-refractivity contribution is 0.304. The second-order valence-electron chi connectivity index (χ2n) is 16.6. The molecule has 0 spiro atoms. The summed E-state index contributed by atoms with van der Waals surface area (Å²) in [5.74, 6) is 0.714. The van der Waals surface area contributed by atoms with Gasteiger partial charge in [0.05, 0.1) is 44.1 Å². The number of hydrogen-bond acceptors (Lipinski definition) is 12. The molecule has 2 aliphatic rings. The van der Waals surface area contributed by atoms with Crippen molar-refractivity contribution in [3.63, 3.8) is 0 Å². The molecular formula is C52H43N4O10S3-3. The predicted octanol–water partition coefficient (Wildman–Crippen LogP) is 10.8. The molecule has 0 fully saturated rings. The molecule has 0 saturated carbocycles. The van der Waals surface area contributed by atoms with Gasteiger partial charge >= 0.3 is 0 Å². The molecule has 0 atom stereocenters. The van der Waals surface area contributed by atoms with Gasteiger partial charge in [0.2, 0.25) is 0 Å². The Morgan fingerprint density at radius 2 is 0.696 bits per heavy atom. The summed E-state index contributed by atoms with van der Waals surface area (Å²) in [4.78, 5) is 16.2. The fourth-order valence-corrected chi connectivity index (χ4v) is 9.98. The number of rotatable bonds is 15. The van der Waals surface area contributed by atoms with E-state index in [1.165, 1.54) is 98.5 Å². The molecule has 8 bridgehead atoms. The smallest absolute Gasteiger partial charge is 0.124 e. The van der Waals surface area contributed by atoms with Crippen LogP contribution < -0.4 is 4.74 Å². The van der Waals surface area contributed by atoms with Gasteiger partial charge in [0, 0.05) is 44.3 Å². The summed E-state index contributed by atoms with van der Waals surface area (Å²) in [6.45, 7) is 2.78. The molecular weight excluding hydrogens is 937 g/mol. The second kappa shape index (κ2) is 19.2. The van der Waals surface area contributed by atoms with E-state index in [-0.39, 0.29) is 0 Å². The molecule has 14 nitrogen and oxygen atoms in total. The molecule has 0 unspecified atom stereocenters.